The smallest absolute Gasteiger partial charge is 0.219 e. The van der Waals surface area contributed by atoms with Gasteiger partial charge in [-0.25, -0.2) is 4.98 Å². The van der Waals surface area contributed by atoms with Gasteiger partial charge in [-0.1, -0.05) is 12.1 Å². The molecule has 0 aliphatic rings. The summed E-state index contributed by atoms with van der Waals surface area (Å²) in [4.78, 5) is 4.23. The molecule has 0 saturated carbocycles. The van der Waals surface area contributed by atoms with Crippen molar-refractivity contribution in [2.24, 2.45) is 5.73 Å². The number of halogens is 1. The van der Waals surface area contributed by atoms with Gasteiger partial charge in [0.15, 0.2) is 0 Å². The van der Waals surface area contributed by atoms with Gasteiger partial charge in [0.1, 0.15) is 5.75 Å². The van der Waals surface area contributed by atoms with E-state index >= 15 is 0 Å². The third kappa shape index (κ3) is 2.89. The lowest BCUT2D eigenvalue weighted by molar-refractivity contribution is 0.458. The van der Waals surface area contributed by atoms with Crippen LogP contribution in [0.1, 0.15) is 16.7 Å². The minimum Gasteiger partial charge on any atom is -0.439 e. The Morgan fingerprint density at radius 3 is 2.67 bits per heavy atom. The molecular weight excluding hydrogens is 292 g/mol. The number of aromatic nitrogens is 1. The molecule has 0 unspecified atom stereocenters. The molecule has 1 heterocycles. The van der Waals surface area contributed by atoms with Crippen molar-refractivity contribution in [3.05, 3.63) is 51.6 Å². The zero-order chi connectivity index (χ0) is 13.1. The fourth-order valence-electron chi connectivity index (χ4n) is 1.56. The highest BCUT2D eigenvalue weighted by Gasteiger charge is 2.05. The Balaban J connectivity index is 2.30. The van der Waals surface area contributed by atoms with E-state index in [0.29, 0.717) is 12.4 Å². The fraction of sp³-hybridized carbons (Fsp3) is 0.214. The molecule has 0 amide bonds. The Kier molecular flexibility index (Phi) is 3.99. The highest BCUT2D eigenvalue weighted by Crippen LogP contribution is 2.27. The van der Waals surface area contributed by atoms with Gasteiger partial charge >= 0.3 is 0 Å². The molecular formula is C14H15BrN2O. The third-order valence-corrected chi connectivity index (χ3v) is 3.55. The largest absolute Gasteiger partial charge is 0.439 e. The number of hydrogen-bond acceptors (Lipinski definition) is 3. The van der Waals surface area contributed by atoms with Crippen LogP contribution in [0.2, 0.25) is 0 Å². The summed E-state index contributed by atoms with van der Waals surface area (Å²) in [5.41, 5.74) is 8.83. The van der Waals surface area contributed by atoms with E-state index in [9.17, 15) is 0 Å². The number of pyridine rings is 1. The molecule has 0 saturated heterocycles. The zero-order valence-electron chi connectivity index (χ0n) is 10.4. The Bertz CT molecular complexity index is 570. The van der Waals surface area contributed by atoms with Crippen LogP contribution in [-0.4, -0.2) is 4.98 Å². The first kappa shape index (κ1) is 13.1. The highest BCUT2D eigenvalue weighted by molar-refractivity contribution is 9.10. The molecule has 0 atom stereocenters. The van der Waals surface area contributed by atoms with Gasteiger partial charge in [0.2, 0.25) is 5.88 Å². The van der Waals surface area contributed by atoms with Crippen LogP contribution in [0.5, 0.6) is 11.6 Å². The van der Waals surface area contributed by atoms with E-state index in [2.05, 4.69) is 20.9 Å². The van der Waals surface area contributed by atoms with Gasteiger partial charge in [0.25, 0.3) is 0 Å². The molecule has 0 spiro atoms. The molecule has 0 bridgehead atoms. The van der Waals surface area contributed by atoms with Gasteiger partial charge in [0, 0.05) is 23.3 Å². The lowest BCUT2D eigenvalue weighted by Gasteiger charge is -2.10. The van der Waals surface area contributed by atoms with Crippen molar-refractivity contribution < 1.29 is 4.74 Å². The summed E-state index contributed by atoms with van der Waals surface area (Å²) < 4.78 is 6.77. The minimum atomic E-state index is 0.503. The van der Waals surface area contributed by atoms with Crippen molar-refractivity contribution in [1.82, 2.24) is 4.98 Å². The lowest BCUT2D eigenvalue weighted by Crippen LogP contribution is -1.98. The number of nitrogens with zero attached hydrogens (tertiary/aromatic N) is 1. The summed E-state index contributed by atoms with van der Waals surface area (Å²) in [5, 5.41) is 0. The first-order valence-corrected chi connectivity index (χ1v) is 6.49. The van der Waals surface area contributed by atoms with Crippen molar-refractivity contribution in [3.63, 3.8) is 0 Å². The van der Waals surface area contributed by atoms with Crippen LogP contribution in [0.3, 0.4) is 0 Å². The van der Waals surface area contributed by atoms with E-state index in [-0.39, 0.29) is 0 Å². The van der Waals surface area contributed by atoms with Crippen LogP contribution in [0.25, 0.3) is 0 Å². The van der Waals surface area contributed by atoms with Crippen LogP contribution in [0, 0.1) is 13.8 Å². The van der Waals surface area contributed by atoms with E-state index in [1.165, 1.54) is 0 Å². The molecule has 0 fully saturated rings. The van der Waals surface area contributed by atoms with Gasteiger partial charge in [-0.2, -0.15) is 0 Å². The van der Waals surface area contributed by atoms with Crippen LogP contribution in [0.4, 0.5) is 0 Å². The van der Waals surface area contributed by atoms with E-state index in [1.54, 1.807) is 6.20 Å². The van der Waals surface area contributed by atoms with Crippen molar-refractivity contribution in [1.29, 1.82) is 0 Å². The monoisotopic (exact) mass is 306 g/mol. The predicted molar refractivity (Wildman–Crippen MR) is 75.8 cm³/mol. The highest BCUT2D eigenvalue weighted by atomic mass is 79.9. The van der Waals surface area contributed by atoms with Crippen LogP contribution >= 0.6 is 15.9 Å². The number of hydrogen-bond donors (Lipinski definition) is 1. The second kappa shape index (κ2) is 5.50. The van der Waals surface area contributed by atoms with Gasteiger partial charge in [-0.3, -0.25) is 0 Å². The Hall–Kier alpha value is -1.39. The average Bonchev–Trinajstić information content (AvgIpc) is 2.36. The first-order chi connectivity index (χ1) is 8.60. The maximum absolute atomic E-state index is 5.80. The van der Waals surface area contributed by atoms with Crippen LogP contribution in [0.15, 0.2) is 34.9 Å². The lowest BCUT2D eigenvalue weighted by atomic mass is 10.1. The maximum Gasteiger partial charge on any atom is 0.219 e. The average molecular weight is 307 g/mol. The van der Waals surface area contributed by atoms with E-state index < -0.39 is 0 Å². The summed E-state index contributed by atoms with van der Waals surface area (Å²) in [7, 11) is 0. The summed E-state index contributed by atoms with van der Waals surface area (Å²) in [6.45, 7) is 4.51. The van der Waals surface area contributed by atoms with E-state index in [4.69, 9.17) is 10.5 Å². The first-order valence-electron chi connectivity index (χ1n) is 5.69. The second-order valence-electron chi connectivity index (χ2n) is 4.18. The van der Waals surface area contributed by atoms with Gasteiger partial charge < -0.3 is 10.5 Å². The van der Waals surface area contributed by atoms with Gasteiger partial charge in [-0.05, 0) is 52.5 Å². The molecule has 2 N–H and O–H groups in total. The number of rotatable bonds is 3. The molecule has 3 nitrogen and oxygen atoms in total. The van der Waals surface area contributed by atoms with Gasteiger partial charge in [0.05, 0.1) is 0 Å². The van der Waals surface area contributed by atoms with Crippen molar-refractivity contribution in [2.75, 3.05) is 0 Å². The molecule has 0 aliphatic carbocycles. The van der Waals surface area contributed by atoms with Crippen molar-refractivity contribution in [3.8, 4) is 11.6 Å². The standard InChI is InChI=1S/C14H15BrN2O/c1-9-3-4-11(7-16)6-13(9)18-14-5-10(2)12(15)8-17-14/h3-6,8H,7,16H2,1-2H3. The third-order valence-electron chi connectivity index (χ3n) is 2.72. The predicted octanol–water partition coefficient (Wildman–Crippen LogP) is 3.71. The topological polar surface area (TPSA) is 48.1 Å². The van der Waals surface area contributed by atoms with Crippen molar-refractivity contribution in [2.45, 2.75) is 20.4 Å². The summed E-state index contributed by atoms with van der Waals surface area (Å²) in [6.07, 6.45) is 1.74. The quantitative estimate of drug-likeness (QED) is 0.940. The number of nitrogens with two attached hydrogens (primary N) is 1. The SMILES string of the molecule is Cc1cc(Oc2cc(CN)ccc2C)ncc1Br. The van der Waals surface area contributed by atoms with E-state index in [1.807, 2.05) is 38.1 Å². The second-order valence-corrected chi connectivity index (χ2v) is 5.03. The minimum absolute atomic E-state index is 0.503. The Morgan fingerprint density at radius 1 is 1.22 bits per heavy atom. The molecule has 1 aromatic carbocycles. The van der Waals surface area contributed by atoms with Crippen LogP contribution < -0.4 is 10.5 Å². The summed E-state index contributed by atoms with van der Waals surface area (Å²) in [6, 6.07) is 7.86. The molecule has 1 aromatic heterocycles. The summed E-state index contributed by atoms with van der Waals surface area (Å²) in [5.74, 6) is 1.39. The van der Waals surface area contributed by atoms with Crippen molar-refractivity contribution >= 4 is 15.9 Å². The maximum atomic E-state index is 5.80. The Labute approximate surface area is 115 Å². The zero-order valence-corrected chi connectivity index (χ0v) is 12.0. The molecule has 18 heavy (non-hydrogen) atoms. The summed E-state index contributed by atoms with van der Waals surface area (Å²) >= 11 is 3.42. The molecule has 4 heteroatoms. The Morgan fingerprint density at radius 2 is 2.00 bits per heavy atom. The molecule has 0 aliphatic heterocycles. The van der Waals surface area contributed by atoms with E-state index in [0.717, 1.165) is 26.9 Å². The molecule has 2 aromatic rings. The molecule has 94 valence electrons. The normalized spacial score (nSPS) is 10.4. The fourth-order valence-corrected chi connectivity index (χ4v) is 1.78. The number of aryl methyl sites for hydroxylation is 2. The van der Waals surface area contributed by atoms with Gasteiger partial charge in [-0.15, -0.1) is 0 Å². The molecule has 2 rings (SSSR count). The number of ether oxygens (including phenoxy) is 1. The van der Waals surface area contributed by atoms with Crippen LogP contribution in [-0.2, 0) is 6.54 Å². The number of benzene rings is 1. The molecule has 0 radical (unpaired) electrons.